The van der Waals surface area contributed by atoms with E-state index in [2.05, 4.69) is 45.7 Å². The van der Waals surface area contributed by atoms with E-state index in [9.17, 15) is 0 Å². The second kappa shape index (κ2) is 10.3. The molecule has 1 fully saturated rings. The molecule has 1 saturated heterocycles. The molecule has 0 amide bonds. The zero-order chi connectivity index (χ0) is 19.8. The van der Waals surface area contributed by atoms with Gasteiger partial charge in [0.2, 0.25) is 5.95 Å². The van der Waals surface area contributed by atoms with Gasteiger partial charge in [-0.05, 0) is 56.5 Å². The third-order valence-electron chi connectivity index (χ3n) is 5.39. The van der Waals surface area contributed by atoms with Crippen LogP contribution in [-0.2, 0) is 0 Å². The lowest BCUT2D eigenvalue weighted by atomic mass is 10.1. The molecule has 6 nitrogen and oxygen atoms in total. The molecule has 2 aromatic rings. The number of nitrogens with zero attached hydrogens (tertiary/aromatic N) is 4. The first-order chi connectivity index (χ1) is 13.7. The highest BCUT2D eigenvalue weighted by atomic mass is 16.5. The zero-order valence-electron chi connectivity index (χ0n) is 17.2. The average Bonchev–Trinajstić information content (AvgIpc) is 2.75. The minimum atomic E-state index is 0.331. The Labute approximate surface area is 168 Å². The molecule has 1 aliphatic rings. The number of nitrogens with two attached hydrogens (primary N) is 1. The van der Waals surface area contributed by atoms with Gasteiger partial charge in [-0.25, -0.2) is 4.98 Å². The van der Waals surface area contributed by atoms with E-state index in [-0.39, 0.29) is 0 Å². The Morgan fingerprint density at radius 1 is 1.07 bits per heavy atom. The summed E-state index contributed by atoms with van der Waals surface area (Å²) < 4.78 is 5.91. The van der Waals surface area contributed by atoms with Crippen molar-refractivity contribution < 1.29 is 4.74 Å². The first kappa shape index (κ1) is 20.4. The summed E-state index contributed by atoms with van der Waals surface area (Å²) >= 11 is 0. The molecule has 152 valence electrons. The summed E-state index contributed by atoms with van der Waals surface area (Å²) in [4.78, 5) is 13.5. The van der Waals surface area contributed by atoms with Gasteiger partial charge in [-0.15, -0.1) is 0 Å². The summed E-state index contributed by atoms with van der Waals surface area (Å²) in [6.45, 7) is 10.4. The topological polar surface area (TPSA) is 67.5 Å². The fourth-order valence-corrected chi connectivity index (χ4v) is 3.69. The Bertz CT molecular complexity index is 724. The van der Waals surface area contributed by atoms with Gasteiger partial charge in [0.15, 0.2) is 0 Å². The predicted molar refractivity (Wildman–Crippen MR) is 116 cm³/mol. The van der Waals surface area contributed by atoms with E-state index in [0.717, 1.165) is 68.4 Å². The lowest BCUT2D eigenvalue weighted by Crippen LogP contribution is -2.31. The molecule has 2 heterocycles. The Balaban J connectivity index is 1.65. The summed E-state index contributed by atoms with van der Waals surface area (Å²) in [6, 6.07) is 8.23. The van der Waals surface area contributed by atoms with Crippen molar-refractivity contribution in [1.82, 2.24) is 14.9 Å². The number of hydrogen-bond acceptors (Lipinski definition) is 6. The van der Waals surface area contributed by atoms with Crippen LogP contribution >= 0.6 is 0 Å². The van der Waals surface area contributed by atoms with Gasteiger partial charge in [0.25, 0.3) is 0 Å². The van der Waals surface area contributed by atoms with E-state index < -0.39 is 0 Å². The molecule has 0 unspecified atom stereocenters. The Morgan fingerprint density at radius 3 is 2.46 bits per heavy atom. The molecule has 1 aromatic heterocycles. The van der Waals surface area contributed by atoms with Gasteiger partial charge in [0.05, 0.1) is 6.61 Å². The van der Waals surface area contributed by atoms with E-state index in [0.29, 0.717) is 5.95 Å². The summed E-state index contributed by atoms with van der Waals surface area (Å²) in [5.74, 6) is 2.18. The number of ether oxygens (including phenoxy) is 1. The van der Waals surface area contributed by atoms with E-state index in [4.69, 9.17) is 10.5 Å². The molecular weight excluding hydrogens is 350 g/mol. The number of rotatable bonds is 9. The van der Waals surface area contributed by atoms with Crippen molar-refractivity contribution in [3.05, 3.63) is 30.5 Å². The van der Waals surface area contributed by atoms with Crippen molar-refractivity contribution in [2.24, 2.45) is 0 Å². The lowest BCUT2D eigenvalue weighted by Gasteiger charge is -2.29. The van der Waals surface area contributed by atoms with Crippen molar-refractivity contribution in [2.75, 3.05) is 50.0 Å². The summed E-state index contributed by atoms with van der Waals surface area (Å²) in [6.07, 6.45) is 6.56. The quantitative estimate of drug-likeness (QED) is 0.664. The number of hydrogen-bond donors (Lipinski definition) is 1. The highest BCUT2D eigenvalue weighted by Crippen LogP contribution is 2.31. The number of benzene rings is 1. The van der Waals surface area contributed by atoms with Crippen LogP contribution < -0.4 is 15.4 Å². The highest BCUT2D eigenvalue weighted by Gasteiger charge is 2.18. The van der Waals surface area contributed by atoms with Crippen LogP contribution in [0.15, 0.2) is 30.5 Å². The van der Waals surface area contributed by atoms with Crippen LogP contribution in [0.5, 0.6) is 5.75 Å². The summed E-state index contributed by atoms with van der Waals surface area (Å²) in [7, 11) is 0. The SMILES string of the molecule is CCN(CC)CCCOc1ccc(-c2cnc(N)nc2N2CCCCC2)cc1. The Hall–Kier alpha value is -2.34. The van der Waals surface area contributed by atoms with E-state index in [1.807, 2.05) is 18.3 Å². The lowest BCUT2D eigenvalue weighted by molar-refractivity contribution is 0.249. The van der Waals surface area contributed by atoms with E-state index in [1.165, 1.54) is 19.3 Å². The van der Waals surface area contributed by atoms with Crippen LogP contribution in [0.1, 0.15) is 39.5 Å². The van der Waals surface area contributed by atoms with Gasteiger partial charge in [-0.2, -0.15) is 4.98 Å². The first-order valence-electron chi connectivity index (χ1n) is 10.5. The molecule has 1 aromatic carbocycles. The van der Waals surface area contributed by atoms with Crippen molar-refractivity contribution in [1.29, 1.82) is 0 Å². The zero-order valence-corrected chi connectivity index (χ0v) is 17.2. The summed E-state index contributed by atoms with van der Waals surface area (Å²) in [5.41, 5.74) is 8.00. The minimum absolute atomic E-state index is 0.331. The van der Waals surface area contributed by atoms with Crippen molar-refractivity contribution >= 4 is 11.8 Å². The van der Waals surface area contributed by atoms with Crippen LogP contribution in [0.4, 0.5) is 11.8 Å². The van der Waals surface area contributed by atoms with E-state index in [1.54, 1.807) is 0 Å². The monoisotopic (exact) mass is 383 g/mol. The molecule has 0 radical (unpaired) electrons. The maximum atomic E-state index is 5.91. The van der Waals surface area contributed by atoms with Crippen LogP contribution in [0.2, 0.25) is 0 Å². The van der Waals surface area contributed by atoms with Crippen molar-refractivity contribution in [3.63, 3.8) is 0 Å². The molecule has 0 saturated carbocycles. The Kier molecular flexibility index (Phi) is 7.48. The van der Waals surface area contributed by atoms with Crippen LogP contribution in [-0.4, -0.2) is 54.2 Å². The van der Waals surface area contributed by atoms with E-state index >= 15 is 0 Å². The standard InChI is InChI=1S/C22H33N5O/c1-3-26(4-2)13-8-16-28-19-11-9-18(10-12-19)20-17-24-22(23)25-21(20)27-14-6-5-7-15-27/h9-12,17H,3-8,13-16H2,1-2H3,(H2,23,24,25). The minimum Gasteiger partial charge on any atom is -0.494 e. The number of nitrogen functional groups attached to an aromatic ring is 1. The van der Waals surface area contributed by atoms with Gasteiger partial charge in [0, 0.05) is 31.4 Å². The van der Waals surface area contributed by atoms with Crippen molar-refractivity contribution in [3.8, 4) is 16.9 Å². The Morgan fingerprint density at radius 2 is 1.79 bits per heavy atom. The predicted octanol–water partition coefficient (Wildman–Crippen LogP) is 3.83. The molecule has 0 bridgehead atoms. The van der Waals surface area contributed by atoms with Crippen LogP contribution in [0.3, 0.4) is 0 Å². The fraction of sp³-hybridized carbons (Fsp3) is 0.545. The molecule has 0 atom stereocenters. The third kappa shape index (κ3) is 5.35. The second-order valence-electron chi connectivity index (χ2n) is 7.27. The summed E-state index contributed by atoms with van der Waals surface area (Å²) in [5, 5.41) is 0. The molecule has 2 N–H and O–H groups in total. The molecule has 6 heteroatoms. The van der Waals surface area contributed by atoms with Gasteiger partial charge in [-0.3, -0.25) is 0 Å². The van der Waals surface area contributed by atoms with Crippen LogP contribution in [0.25, 0.3) is 11.1 Å². The molecule has 28 heavy (non-hydrogen) atoms. The van der Waals surface area contributed by atoms with Gasteiger partial charge >= 0.3 is 0 Å². The molecule has 0 aliphatic carbocycles. The molecule has 0 spiro atoms. The molecule has 3 rings (SSSR count). The smallest absolute Gasteiger partial charge is 0.221 e. The van der Waals surface area contributed by atoms with Gasteiger partial charge < -0.3 is 20.3 Å². The molecule has 1 aliphatic heterocycles. The maximum absolute atomic E-state index is 5.91. The van der Waals surface area contributed by atoms with Crippen LogP contribution in [0, 0.1) is 0 Å². The second-order valence-corrected chi connectivity index (χ2v) is 7.27. The average molecular weight is 384 g/mol. The van der Waals surface area contributed by atoms with Crippen molar-refractivity contribution in [2.45, 2.75) is 39.5 Å². The van der Waals surface area contributed by atoms with Gasteiger partial charge in [-0.1, -0.05) is 26.0 Å². The fourth-order valence-electron chi connectivity index (χ4n) is 3.69. The van der Waals surface area contributed by atoms with Gasteiger partial charge in [0.1, 0.15) is 11.6 Å². The number of piperidine rings is 1. The number of aromatic nitrogens is 2. The molecular formula is C22H33N5O. The maximum Gasteiger partial charge on any atom is 0.221 e. The number of anilines is 2. The largest absolute Gasteiger partial charge is 0.494 e. The normalized spacial score (nSPS) is 14.5. The first-order valence-corrected chi connectivity index (χ1v) is 10.5. The third-order valence-corrected chi connectivity index (χ3v) is 5.39. The highest BCUT2D eigenvalue weighted by molar-refractivity contribution is 5.76.